The van der Waals surface area contributed by atoms with Gasteiger partial charge in [-0.3, -0.25) is 4.90 Å². The molecule has 1 fully saturated rings. The van der Waals surface area contributed by atoms with Gasteiger partial charge in [0.05, 0.1) is 10.6 Å². The molecule has 7 heteroatoms. The van der Waals surface area contributed by atoms with Gasteiger partial charge in [-0.25, -0.2) is 4.98 Å². The van der Waals surface area contributed by atoms with E-state index in [1.807, 2.05) is 0 Å². The van der Waals surface area contributed by atoms with E-state index in [9.17, 15) is 13.2 Å². The molecule has 1 aliphatic rings. The van der Waals surface area contributed by atoms with Crippen LogP contribution in [0.4, 0.5) is 19.0 Å². The Morgan fingerprint density at radius 3 is 2.57 bits per heavy atom. The summed E-state index contributed by atoms with van der Waals surface area (Å²) in [6.45, 7) is 4.84. The zero-order valence-corrected chi connectivity index (χ0v) is 12.6. The van der Waals surface area contributed by atoms with Gasteiger partial charge in [0.25, 0.3) is 0 Å². The number of nitrogens with zero attached hydrogens (tertiary/aromatic N) is 2. The SMILES string of the molecule is CC(CNc1ncc(C(F)(F)F)cc1Cl)N1CCCCC1. The lowest BCUT2D eigenvalue weighted by Crippen LogP contribution is -2.41. The van der Waals surface area contributed by atoms with Gasteiger partial charge in [-0.1, -0.05) is 18.0 Å². The smallest absolute Gasteiger partial charge is 0.367 e. The first-order valence-electron chi connectivity index (χ1n) is 7.08. The average Bonchev–Trinajstić information content (AvgIpc) is 2.45. The highest BCUT2D eigenvalue weighted by Gasteiger charge is 2.31. The van der Waals surface area contributed by atoms with Crippen molar-refractivity contribution in [3.63, 3.8) is 0 Å². The van der Waals surface area contributed by atoms with E-state index >= 15 is 0 Å². The number of rotatable bonds is 4. The lowest BCUT2D eigenvalue weighted by Gasteiger charge is -2.32. The van der Waals surface area contributed by atoms with Crippen molar-refractivity contribution in [3.05, 3.63) is 22.8 Å². The Hall–Kier alpha value is -1.01. The summed E-state index contributed by atoms with van der Waals surface area (Å²) in [5.41, 5.74) is -0.831. The minimum Gasteiger partial charge on any atom is -0.367 e. The second-order valence-corrected chi connectivity index (χ2v) is 5.79. The Morgan fingerprint density at radius 2 is 2.00 bits per heavy atom. The fourth-order valence-electron chi connectivity index (χ4n) is 2.46. The number of halogens is 4. The summed E-state index contributed by atoms with van der Waals surface area (Å²) in [4.78, 5) is 6.15. The van der Waals surface area contributed by atoms with Gasteiger partial charge in [-0.2, -0.15) is 13.2 Å². The van der Waals surface area contributed by atoms with E-state index in [0.717, 1.165) is 25.4 Å². The van der Waals surface area contributed by atoms with Crippen LogP contribution in [0.3, 0.4) is 0 Å². The Morgan fingerprint density at radius 1 is 1.33 bits per heavy atom. The van der Waals surface area contributed by atoms with Gasteiger partial charge in [0.1, 0.15) is 5.82 Å². The zero-order chi connectivity index (χ0) is 15.5. The third-order valence-electron chi connectivity index (χ3n) is 3.75. The maximum atomic E-state index is 12.5. The summed E-state index contributed by atoms with van der Waals surface area (Å²) in [6, 6.07) is 1.20. The van der Waals surface area contributed by atoms with Crippen LogP contribution in [0.15, 0.2) is 12.3 Å². The molecule has 2 heterocycles. The van der Waals surface area contributed by atoms with E-state index in [1.165, 1.54) is 19.3 Å². The van der Waals surface area contributed by atoms with Crippen LogP contribution in [0.25, 0.3) is 0 Å². The van der Waals surface area contributed by atoms with Crippen LogP contribution >= 0.6 is 11.6 Å². The van der Waals surface area contributed by atoms with Crippen molar-refractivity contribution >= 4 is 17.4 Å². The van der Waals surface area contributed by atoms with Crippen LogP contribution in [-0.4, -0.2) is 35.6 Å². The van der Waals surface area contributed by atoms with E-state index in [0.29, 0.717) is 18.4 Å². The molecule has 0 amide bonds. The van der Waals surface area contributed by atoms with Gasteiger partial charge in [0, 0.05) is 18.8 Å². The fourth-order valence-corrected chi connectivity index (χ4v) is 2.69. The fraction of sp³-hybridized carbons (Fsp3) is 0.643. The van der Waals surface area contributed by atoms with Gasteiger partial charge < -0.3 is 5.32 Å². The molecule has 0 aromatic carbocycles. The molecule has 0 radical (unpaired) electrons. The number of alkyl halides is 3. The minimum atomic E-state index is -4.42. The van der Waals surface area contributed by atoms with Crippen LogP contribution in [-0.2, 0) is 6.18 Å². The van der Waals surface area contributed by atoms with Gasteiger partial charge in [0.2, 0.25) is 0 Å². The van der Waals surface area contributed by atoms with Crippen molar-refractivity contribution in [1.29, 1.82) is 0 Å². The van der Waals surface area contributed by atoms with Crippen LogP contribution in [0, 0.1) is 0 Å². The number of hydrogen-bond acceptors (Lipinski definition) is 3. The number of pyridine rings is 1. The molecule has 1 aromatic heterocycles. The van der Waals surface area contributed by atoms with Crippen molar-refractivity contribution < 1.29 is 13.2 Å². The Bertz CT molecular complexity index is 473. The topological polar surface area (TPSA) is 28.2 Å². The van der Waals surface area contributed by atoms with E-state index in [4.69, 9.17) is 11.6 Å². The lowest BCUT2D eigenvalue weighted by atomic mass is 10.1. The monoisotopic (exact) mass is 321 g/mol. The predicted molar refractivity (Wildman–Crippen MR) is 77.6 cm³/mol. The summed E-state index contributed by atoms with van der Waals surface area (Å²) in [5, 5.41) is 3.03. The molecule has 1 unspecified atom stereocenters. The molecule has 1 saturated heterocycles. The van der Waals surface area contributed by atoms with E-state index in [-0.39, 0.29) is 5.02 Å². The molecule has 118 valence electrons. The molecule has 0 aliphatic carbocycles. The van der Waals surface area contributed by atoms with Crippen molar-refractivity contribution in [1.82, 2.24) is 9.88 Å². The maximum absolute atomic E-state index is 12.5. The predicted octanol–water partition coefficient (Wildman–Crippen LogP) is 4.04. The maximum Gasteiger partial charge on any atom is 0.417 e. The standard InChI is InChI=1S/C14H19ClF3N3/c1-10(21-5-3-2-4-6-21)8-19-13-12(15)7-11(9-20-13)14(16,17)18/h7,9-10H,2-6,8H2,1H3,(H,19,20). The van der Waals surface area contributed by atoms with Crippen LogP contribution in [0.1, 0.15) is 31.7 Å². The first-order chi connectivity index (χ1) is 9.88. The minimum absolute atomic E-state index is 0.00401. The van der Waals surface area contributed by atoms with Gasteiger partial charge in [-0.05, 0) is 38.9 Å². The second-order valence-electron chi connectivity index (χ2n) is 5.38. The van der Waals surface area contributed by atoms with Crippen molar-refractivity contribution in [2.45, 2.75) is 38.4 Å². The molecular formula is C14H19ClF3N3. The molecule has 0 bridgehead atoms. The van der Waals surface area contributed by atoms with E-state index in [2.05, 4.69) is 22.1 Å². The highest BCUT2D eigenvalue weighted by molar-refractivity contribution is 6.32. The first kappa shape index (κ1) is 16.4. The average molecular weight is 322 g/mol. The largest absolute Gasteiger partial charge is 0.417 e. The number of piperidine rings is 1. The number of likely N-dealkylation sites (tertiary alicyclic amines) is 1. The van der Waals surface area contributed by atoms with Crippen molar-refractivity contribution in [2.75, 3.05) is 25.0 Å². The molecule has 0 saturated carbocycles. The molecule has 1 aromatic rings. The third-order valence-corrected chi connectivity index (χ3v) is 4.04. The number of nitrogens with one attached hydrogen (secondary N) is 1. The Kier molecular flexibility index (Phi) is 5.32. The summed E-state index contributed by atoms with van der Waals surface area (Å²) >= 11 is 5.87. The molecule has 1 aliphatic heterocycles. The zero-order valence-electron chi connectivity index (χ0n) is 11.9. The van der Waals surface area contributed by atoms with Gasteiger partial charge >= 0.3 is 6.18 Å². The summed E-state index contributed by atoms with van der Waals surface area (Å²) in [7, 11) is 0. The normalized spacial score (nSPS) is 18.5. The molecule has 0 spiro atoms. The number of anilines is 1. The highest BCUT2D eigenvalue weighted by Crippen LogP contribution is 2.32. The van der Waals surface area contributed by atoms with Crippen molar-refractivity contribution in [2.24, 2.45) is 0 Å². The number of hydrogen-bond donors (Lipinski definition) is 1. The second kappa shape index (κ2) is 6.83. The summed E-state index contributed by atoms with van der Waals surface area (Å²) in [5.74, 6) is 0.300. The lowest BCUT2D eigenvalue weighted by molar-refractivity contribution is -0.137. The molecule has 3 nitrogen and oxygen atoms in total. The quantitative estimate of drug-likeness (QED) is 0.907. The molecule has 2 rings (SSSR count). The van der Waals surface area contributed by atoms with E-state index in [1.54, 1.807) is 0 Å². The first-order valence-corrected chi connectivity index (χ1v) is 7.46. The summed E-state index contributed by atoms with van der Waals surface area (Å²) in [6.07, 6.45) is 0.0478. The van der Waals surface area contributed by atoms with Crippen LogP contribution < -0.4 is 5.32 Å². The van der Waals surface area contributed by atoms with Crippen molar-refractivity contribution in [3.8, 4) is 0 Å². The third kappa shape index (κ3) is 4.48. The summed E-state index contributed by atoms with van der Waals surface area (Å²) < 4.78 is 37.6. The molecule has 21 heavy (non-hydrogen) atoms. The molecular weight excluding hydrogens is 303 g/mol. The highest BCUT2D eigenvalue weighted by atomic mass is 35.5. The van der Waals surface area contributed by atoms with Gasteiger partial charge in [-0.15, -0.1) is 0 Å². The molecule has 1 N–H and O–H groups in total. The van der Waals surface area contributed by atoms with Gasteiger partial charge in [0.15, 0.2) is 0 Å². The van der Waals surface area contributed by atoms with Crippen LogP contribution in [0.2, 0.25) is 5.02 Å². The van der Waals surface area contributed by atoms with E-state index < -0.39 is 11.7 Å². The van der Waals surface area contributed by atoms with Crippen LogP contribution in [0.5, 0.6) is 0 Å². The Labute approximate surface area is 127 Å². The number of aromatic nitrogens is 1. The Balaban J connectivity index is 1.93. The molecule has 1 atom stereocenters.